The first kappa shape index (κ1) is 14.4. The molecule has 1 amide bonds. The number of likely N-dealkylation sites (tertiary alicyclic amines) is 1. The molecule has 0 spiro atoms. The summed E-state index contributed by atoms with van der Waals surface area (Å²) in [5.74, 6) is 1.18. The SMILES string of the molecule is CN1CCC(CN(C)C(=O)c2ccc(CCl)cc2)C1. The number of hydrogen-bond donors (Lipinski definition) is 0. The van der Waals surface area contributed by atoms with Crippen LogP contribution in [0.4, 0.5) is 0 Å². The lowest BCUT2D eigenvalue weighted by atomic mass is 10.1. The summed E-state index contributed by atoms with van der Waals surface area (Å²) in [6, 6.07) is 7.55. The second kappa shape index (κ2) is 6.40. The van der Waals surface area contributed by atoms with Crippen LogP contribution in [-0.4, -0.2) is 49.4 Å². The van der Waals surface area contributed by atoms with Crippen LogP contribution in [-0.2, 0) is 5.88 Å². The van der Waals surface area contributed by atoms with Gasteiger partial charge in [-0.25, -0.2) is 0 Å². The first-order valence-corrected chi connectivity index (χ1v) is 7.22. The van der Waals surface area contributed by atoms with E-state index in [1.54, 1.807) is 0 Å². The summed E-state index contributed by atoms with van der Waals surface area (Å²) in [6.07, 6.45) is 1.18. The molecule has 3 nitrogen and oxygen atoms in total. The smallest absolute Gasteiger partial charge is 0.253 e. The van der Waals surface area contributed by atoms with Crippen LogP contribution in [0.1, 0.15) is 22.3 Å². The molecule has 0 aliphatic carbocycles. The summed E-state index contributed by atoms with van der Waals surface area (Å²) in [5.41, 5.74) is 1.78. The molecule has 4 heteroatoms. The van der Waals surface area contributed by atoms with Crippen molar-refractivity contribution in [1.82, 2.24) is 9.80 Å². The molecule has 2 rings (SSSR count). The number of hydrogen-bond acceptors (Lipinski definition) is 2. The van der Waals surface area contributed by atoms with Crippen molar-refractivity contribution in [2.75, 3.05) is 33.7 Å². The predicted molar refractivity (Wildman–Crippen MR) is 78.6 cm³/mol. The Balaban J connectivity index is 1.94. The maximum absolute atomic E-state index is 12.3. The highest BCUT2D eigenvalue weighted by molar-refractivity contribution is 6.17. The lowest BCUT2D eigenvalue weighted by Crippen LogP contribution is -2.32. The third-order valence-corrected chi connectivity index (χ3v) is 4.03. The van der Waals surface area contributed by atoms with Crippen molar-refractivity contribution in [2.45, 2.75) is 12.3 Å². The van der Waals surface area contributed by atoms with E-state index in [0.717, 1.165) is 30.8 Å². The van der Waals surface area contributed by atoms with Gasteiger partial charge in [-0.15, -0.1) is 11.6 Å². The van der Waals surface area contributed by atoms with Crippen molar-refractivity contribution in [3.05, 3.63) is 35.4 Å². The van der Waals surface area contributed by atoms with E-state index in [2.05, 4.69) is 11.9 Å². The molecule has 1 heterocycles. The van der Waals surface area contributed by atoms with Crippen LogP contribution in [0, 0.1) is 5.92 Å². The Kier molecular flexibility index (Phi) is 4.83. The molecule has 1 unspecified atom stereocenters. The van der Waals surface area contributed by atoms with E-state index in [4.69, 9.17) is 11.6 Å². The van der Waals surface area contributed by atoms with Gasteiger partial charge in [0, 0.05) is 31.6 Å². The maximum Gasteiger partial charge on any atom is 0.253 e. The van der Waals surface area contributed by atoms with Crippen molar-refractivity contribution in [2.24, 2.45) is 5.92 Å². The minimum atomic E-state index is 0.0932. The second-order valence-electron chi connectivity index (χ2n) is 5.43. The quantitative estimate of drug-likeness (QED) is 0.791. The highest BCUT2D eigenvalue weighted by Crippen LogP contribution is 2.16. The van der Waals surface area contributed by atoms with E-state index in [1.807, 2.05) is 36.2 Å². The van der Waals surface area contributed by atoms with Crippen molar-refractivity contribution in [3.8, 4) is 0 Å². The molecule has 0 bridgehead atoms. The predicted octanol–water partition coefficient (Wildman–Crippen LogP) is 2.45. The highest BCUT2D eigenvalue weighted by Gasteiger charge is 2.22. The van der Waals surface area contributed by atoms with Crippen LogP contribution in [0.3, 0.4) is 0 Å². The van der Waals surface area contributed by atoms with Crippen LogP contribution >= 0.6 is 11.6 Å². The summed E-state index contributed by atoms with van der Waals surface area (Å²) >= 11 is 5.75. The number of alkyl halides is 1. The van der Waals surface area contributed by atoms with E-state index in [9.17, 15) is 4.79 Å². The molecule has 1 aliphatic heterocycles. The molecule has 104 valence electrons. The topological polar surface area (TPSA) is 23.6 Å². The van der Waals surface area contributed by atoms with Crippen LogP contribution in [0.5, 0.6) is 0 Å². The molecule has 0 saturated carbocycles. The fourth-order valence-corrected chi connectivity index (χ4v) is 2.78. The lowest BCUT2D eigenvalue weighted by Gasteiger charge is -2.21. The molecule has 1 aromatic rings. The number of rotatable bonds is 4. The molecule has 0 N–H and O–H groups in total. The number of carbonyl (C=O) groups is 1. The molecule has 1 fully saturated rings. The zero-order chi connectivity index (χ0) is 13.8. The van der Waals surface area contributed by atoms with Crippen LogP contribution in [0.25, 0.3) is 0 Å². The maximum atomic E-state index is 12.3. The number of halogens is 1. The normalized spacial score (nSPS) is 19.6. The highest BCUT2D eigenvalue weighted by atomic mass is 35.5. The number of nitrogens with zero attached hydrogens (tertiary/aromatic N) is 2. The molecule has 1 aromatic carbocycles. The molecular formula is C15H21ClN2O. The van der Waals surface area contributed by atoms with Crippen molar-refractivity contribution in [3.63, 3.8) is 0 Å². The summed E-state index contributed by atoms with van der Waals surface area (Å²) < 4.78 is 0. The number of carbonyl (C=O) groups excluding carboxylic acids is 1. The van der Waals surface area contributed by atoms with Gasteiger partial charge in [-0.3, -0.25) is 4.79 Å². The molecule has 1 saturated heterocycles. The minimum Gasteiger partial charge on any atom is -0.341 e. The van der Waals surface area contributed by atoms with Gasteiger partial charge in [0.2, 0.25) is 0 Å². The first-order valence-electron chi connectivity index (χ1n) is 6.69. The average molecular weight is 281 g/mol. The third-order valence-electron chi connectivity index (χ3n) is 3.72. The zero-order valence-electron chi connectivity index (χ0n) is 11.6. The van der Waals surface area contributed by atoms with Gasteiger partial charge in [0.1, 0.15) is 0 Å². The van der Waals surface area contributed by atoms with Crippen molar-refractivity contribution in [1.29, 1.82) is 0 Å². The average Bonchev–Trinajstić information content (AvgIpc) is 2.83. The van der Waals surface area contributed by atoms with E-state index in [1.165, 1.54) is 6.42 Å². The van der Waals surface area contributed by atoms with E-state index >= 15 is 0 Å². The van der Waals surface area contributed by atoms with Gasteiger partial charge in [0.05, 0.1) is 0 Å². The van der Waals surface area contributed by atoms with Crippen LogP contribution < -0.4 is 0 Å². The zero-order valence-corrected chi connectivity index (χ0v) is 12.4. The Hall–Kier alpha value is -1.06. The Morgan fingerprint density at radius 3 is 2.63 bits per heavy atom. The van der Waals surface area contributed by atoms with E-state index in [0.29, 0.717) is 11.8 Å². The molecule has 19 heavy (non-hydrogen) atoms. The Labute approximate surface area is 120 Å². The third kappa shape index (κ3) is 3.71. The molecule has 1 aliphatic rings. The first-order chi connectivity index (χ1) is 9.10. The Bertz CT molecular complexity index is 432. The largest absolute Gasteiger partial charge is 0.341 e. The molecule has 1 atom stereocenters. The Morgan fingerprint density at radius 1 is 1.42 bits per heavy atom. The van der Waals surface area contributed by atoms with E-state index < -0.39 is 0 Å². The fourth-order valence-electron chi connectivity index (χ4n) is 2.60. The lowest BCUT2D eigenvalue weighted by molar-refractivity contribution is 0.0774. The van der Waals surface area contributed by atoms with Gasteiger partial charge >= 0.3 is 0 Å². The van der Waals surface area contributed by atoms with Crippen molar-refractivity contribution < 1.29 is 4.79 Å². The van der Waals surface area contributed by atoms with E-state index in [-0.39, 0.29) is 5.91 Å². The second-order valence-corrected chi connectivity index (χ2v) is 5.70. The monoisotopic (exact) mass is 280 g/mol. The number of benzene rings is 1. The van der Waals surface area contributed by atoms with Gasteiger partial charge in [0.25, 0.3) is 5.91 Å². The van der Waals surface area contributed by atoms with Gasteiger partial charge in [0.15, 0.2) is 0 Å². The minimum absolute atomic E-state index is 0.0932. The molecule has 0 aromatic heterocycles. The van der Waals surface area contributed by atoms with Crippen LogP contribution in [0.15, 0.2) is 24.3 Å². The summed E-state index contributed by atoms with van der Waals surface area (Å²) in [5, 5.41) is 0. The molecular weight excluding hydrogens is 260 g/mol. The number of amides is 1. The van der Waals surface area contributed by atoms with Gasteiger partial charge in [-0.2, -0.15) is 0 Å². The summed E-state index contributed by atoms with van der Waals surface area (Å²) in [4.78, 5) is 16.4. The van der Waals surface area contributed by atoms with Crippen LogP contribution in [0.2, 0.25) is 0 Å². The van der Waals surface area contributed by atoms with Gasteiger partial charge in [-0.05, 0) is 43.6 Å². The Morgan fingerprint density at radius 2 is 2.11 bits per heavy atom. The van der Waals surface area contributed by atoms with Crippen molar-refractivity contribution >= 4 is 17.5 Å². The molecule has 0 radical (unpaired) electrons. The van der Waals surface area contributed by atoms with Gasteiger partial charge < -0.3 is 9.80 Å². The standard InChI is InChI=1S/C15H21ClN2O/c1-17-8-7-13(10-17)11-18(2)15(19)14-5-3-12(9-16)4-6-14/h3-6,13H,7-11H2,1-2H3. The fraction of sp³-hybridized carbons (Fsp3) is 0.533. The summed E-state index contributed by atoms with van der Waals surface area (Å²) in [7, 11) is 4.02. The summed E-state index contributed by atoms with van der Waals surface area (Å²) in [6.45, 7) is 3.06. The van der Waals surface area contributed by atoms with Gasteiger partial charge in [-0.1, -0.05) is 12.1 Å².